The Hall–Kier alpha value is -2.34. The molecule has 3 N–H and O–H groups in total. The summed E-state index contributed by atoms with van der Waals surface area (Å²) in [6, 6.07) is 6.50. The van der Waals surface area contributed by atoms with Gasteiger partial charge in [0.15, 0.2) is 5.82 Å². The third-order valence-electron chi connectivity index (χ3n) is 2.70. The Kier molecular flexibility index (Phi) is 2.53. The van der Waals surface area contributed by atoms with Gasteiger partial charge in [-0.1, -0.05) is 11.6 Å². The highest BCUT2D eigenvalue weighted by Gasteiger charge is 2.11. The van der Waals surface area contributed by atoms with E-state index in [-0.39, 0.29) is 5.56 Å². The summed E-state index contributed by atoms with van der Waals surface area (Å²) in [5.74, 6) is 0.756. The van der Waals surface area contributed by atoms with Gasteiger partial charge in [-0.05, 0) is 25.1 Å². The summed E-state index contributed by atoms with van der Waals surface area (Å²) < 4.78 is 1.27. The van der Waals surface area contributed by atoms with Gasteiger partial charge in [0.2, 0.25) is 0 Å². The van der Waals surface area contributed by atoms with Crippen LogP contribution >= 0.6 is 11.6 Å². The molecule has 0 aliphatic carbocycles. The maximum Gasteiger partial charge on any atom is 0.274 e. The molecular formula is C12H10ClN5O. The zero-order valence-corrected chi connectivity index (χ0v) is 10.8. The lowest BCUT2D eigenvalue weighted by Gasteiger charge is -2.01. The van der Waals surface area contributed by atoms with Gasteiger partial charge < -0.3 is 5.73 Å². The highest BCUT2D eigenvalue weighted by Crippen LogP contribution is 2.27. The largest absolute Gasteiger partial charge is 0.399 e. The molecule has 7 heteroatoms. The summed E-state index contributed by atoms with van der Waals surface area (Å²) in [6.45, 7) is 1.74. The van der Waals surface area contributed by atoms with Crippen molar-refractivity contribution in [1.29, 1.82) is 0 Å². The monoisotopic (exact) mass is 275 g/mol. The SMILES string of the molecule is Cc1cc(=O)n2[nH]c(-c3cc(N)ccc3Cl)nc2n1. The minimum Gasteiger partial charge on any atom is -0.399 e. The van der Waals surface area contributed by atoms with Crippen LogP contribution in [0, 0.1) is 6.92 Å². The molecule has 0 radical (unpaired) electrons. The number of aromatic nitrogens is 4. The van der Waals surface area contributed by atoms with E-state index in [4.69, 9.17) is 17.3 Å². The van der Waals surface area contributed by atoms with Gasteiger partial charge in [0, 0.05) is 23.0 Å². The number of halogens is 1. The summed E-state index contributed by atoms with van der Waals surface area (Å²) >= 11 is 6.11. The quantitative estimate of drug-likeness (QED) is 0.661. The van der Waals surface area contributed by atoms with Gasteiger partial charge >= 0.3 is 0 Å². The van der Waals surface area contributed by atoms with Gasteiger partial charge in [0.25, 0.3) is 11.3 Å². The minimum atomic E-state index is -0.221. The Labute approximate surface area is 112 Å². The fourth-order valence-electron chi connectivity index (χ4n) is 1.84. The van der Waals surface area contributed by atoms with Crippen LogP contribution < -0.4 is 11.3 Å². The number of benzene rings is 1. The van der Waals surface area contributed by atoms with Gasteiger partial charge in [-0.15, -0.1) is 0 Å². The standard InChI is InChI=1S/C12H10ClN5O/c1-6-4-10(19)18-12(15-6)16-11(17-18)8-5-7(14)2-3-9(8)13/h2-5H,14H2,1H3,(H,15,16,17). The van der Waals surface area contributed by atoms with E-state index >= 15 is 0 Å². The molecule has 3 aromatic rings. The topological polar surface area (TPSA) is 89.1 Å². The maximum atomic E-state index is 11.8. The molecule has 0 spiro atoms. The number of anilines is 1. The van der Waals surface area contributed by atoms with E-state index < -0.39 is 0 Å². The predicted molar refractivity (Wildman–Crippen MR) is 73.2 cm³/mol. The zero-order valence-electron chi connectivity index (χ0n) is 10.0. The minimum absolute atomic E-state index is 0.221. The van der Waals surface area contributed by atoms with Crippen LogP contribution in [0.4, 0.5) is 5.69 Å². The molecule has 0 saturated carbocycles. The molecule has 0 saturated heterocycles. The zero-order chi connectivity index (χ0) is 13.6. The average molecular weight is 276 g/mol. The molecule has 6 nitrogen and oxygen atoms in total. The van der Waals surface area contributed by atoms with Crippen LogP contribution in [0.3, 0.4) is 0 Å². The van der Waals surface area contributed by atoms with Crippen LogP contribution in [-0.2, 0) is 0 Å². The van der Waals surface area contributed by atoms with Gasteiger partial charge in [0.1, 0.15) is 0 Å². The Bertz CT molecular complexity index is 836. The van der Waals surface area contributed by atoms with E-state index in [0.29, 0.717) is 33.6 Å². The number of aromatic amines is 1. The van der Waals surface area contributed by atoms with Crippen molar-refractivity contribution < 1.29 is 0 Å². The number of H-pyrrole nitrogens is 1. The lowest BCUT2D eigenvalue weighted by molar-refractivity contribution is 0.892. The second kappa shape index (κ2) is 4.10. The number of aryl methyl sites for hydroxylation is 1. The summed E-state index contributed by atoms with van der Waals surface area (Å²) in [6.07, 6.45) is 0. The van der Waals surface area contributed by atoms with E-state index in [2.05, 4.69) is 15.1 Å². The fraction of sp³-hybridized carbons (Fsp3) is 0.0833. The average Bonchev–Trinajstić information content (AvgIpc) is 2.76. The molecule has 0 aliphatic heterocycles. The van der Waals surface area contributed by atoms with E-state index in [0.717, 1.165) is 0 Å². The highest BCUT2D eigenvalue weighted by molar-refractivity contribution is 6.33. The second-order valence-corrected chi connectivity index (χ2v) is 4.59. The van der Waals surface area contributed by atoms with Crippen LogP contribution in [0.1, 0.15) is 5.69 Å². The molecule has 1 aromatic carbocycles. The lowest BCUT2D eigenvalue weighted by atomic mass is 10.2. The Morgan fingerprint density at radius 3 is 2.89 bits per heavy atom. The van der Waals surface area contributed by atoms with Crippen LogP contribution in [0.25, 0.3) is 17.2 Å². The molecule has 0 fully saturated rings. The fourth-order valence-corrected chi connectivity index (χ4v) is 2.04. The van der Waals surface area contributed by atoms with E-state index in [1.165, 1.54) is 10.6 Å². The number of nitrogens with zero attached hydrogens (tertiary/aromatic N) is 3. The summed E-state index contributed by atoms with van der Waals surface area (Å²) in [5.41, 5.74) is 7.32. The maximum absolute atomic E-state index is 11.8. The molecule has 19 heavy (non-hydrogen) atoms. The van der Waals surface area contributed by atoms with Crippen molar-refractivity contribution in [3.8, 4) is 11.4 Å². The molecule has 3 rings (SSSR count). The second-order valence-electron chi connectivity index (χ2n) is 4.18. The number of nitrogen functional groups attached to an aromatic ring is 1. The first kappa shape index (κ1) is 11.7. The van der Waals surface area contributed by atoms with Crippen molar-refractivity contribution in [3.05, 3.63) is 45.3 Å². The van der Waals surface area contributed by atoms with Crippen LogP contribution in [-0.4, -0.2) is 19.6 Å². The number of rotatable bonds is 1. The third-order valence-corrected chi connectivity index (χ3v) is 3.03. The van der Waals surface area contributed by atoms with Crippen molar-refractivity contribution in [2.75, 3.05) is 5.73 Å². The summed E-state index contributed by atoms with van der Waals surface area (Å²) in [7, 11) is 0. The van der Waals surface area contributed by atoms with E-state index in [1.54, 1.807) is 25.1 Å². The number of fused-ring (bicyclic) bond motifs is 1. The predicted octanol–water partition coefficient (Wildman–Crippen LogP) is 1.63. The van der Waals surface area contributed by atoms with Gasteiger partial charge in [-0.3, -0.25) is 9.89 Å². The summed E-state index contributed by atoms with van der Waals surface area (Å²) in [4.78, 5) is 20.2. The number of hydrogen-bond acceptors (Lipinski definition) is 4. The third kappa shape index (κ3) is 1.96. The van der Waals surface area contributed by atoms with Crippen LogP contribution in [0.5, 0.6) is 0 Å². The molecule has 0 aliphatic rings. The smallest absolute Gasteiger partial charge is 0.274 e. The number of hydrogen-bond donors (Lipinski definition) is 2. The Morgan fingerprint density at radius 2 is 2.11 bits per heavy atom. The summed E-state index contributed by atoms with van der Waals surface area (Å²) in [5, 5.41) is 3.36. The molecule has 2 aromatic heterocycles. The van der Waals surface area contributed by atoms with Gasteiger partial charge in [-0.25, -0.2) is 4.98 Å². The van der Waals surface area contributed by atoms with Crippen molar-refractivity contribution in [1.82, 2.24) is 19.6 Å². The van der Waals surface area contributed by atoms with Crippen molar-refractivity contribution >= 4 is 23.1 Å². The Morgan fingerprint density at radius 1 is 1.32 bits per heavy atom. The Balaban J connectivity index is 2.29. The van der Waals surface area contributed by atoms with Crippen LogP contribution in [0.15, 0.2) is 29.1 Å². The van der Waals surface area contributed by atoms with Crippen LogP contribution in [0.2, 0.25) is 5.02 Å². The first-order valence-electron chi connectivity index (χ1n) is 5.56. The molecule has 0 amide bonds. The van der Waals surface area contributed by atoms with E-state index in [9.17, 15) is 4.79 Å². The van der Waals surface area contributed by atoms with Crippen molar-refractivity contribution in [3.63, 3.8) is 0 Å². The normalized spacial score (nSPS) is 11.1. The number of nitrogens with one attached hydrogen (secondary N) is 1. The van der Waals surface area contributed by atoms with Crippen molar-refractivity contribution in [2.24, 2.45) is 0 Å². The van der Waals surface area contributed by atoms with Gasteiger partial charge in [-0.2, -0.15) is 9.50 Å². The molecule has 2 heterocycles. The molecule has 0 bridgehead atoms. The molecular weight excluding hydrogens is 266 g/mol. The first-order chi connectivity index (χ1) is 9.04. The highest BCUT2D eigenvalue weighted by atomic mass is 35.5. The first-order valence-corrected chi connectivity index (χ1v) is 5.94. The molecule has 96 valence electrons. The molecule has 0 atom stereocenters. The van der Waals surface area contributed by atoms with E-state index in [1.807, 2.05) is 0 Å². The lowest BCUT2D eigenvalue weighted by Crippen LogP contribution is -2.14. The van der Waals surface area contributed by atoms with Crippen molar-refractivity contribution in [2.45, 2.75) is 6.92 Å². The molecule has 0 unspecified atom stereocenters. The van der Waals surface area contributed by atoms with Gasteiger partial charge in [0.05, 0.1) is 5.02 Å². The number of nitrogens with two attached hydrogens (primary N) is 1.